The van der Waals surface area contributed by atoms with E-state index in [4.69, 9.17) is 11.6 Å². The number of halogens is 1. The van der Waals surface area contributed by atoms with Crippen LogP contribution in [0.5, 0.6) is 0 Å². The monoisotopic (exact) mass is 319 g/mol. The van der Waals surface area contributed by atoms with E-state index >= 15 is 0 Å². The van der Waals surface area contributed by atoms with Crippen LogP contribution in [0, 0.1) is 0 Å². The molecule has 0 saturated carbocycles. The van der Waals surface area contributed by atoms with Crippen LogP contribution in [-0.2, 0) is 6.54 Å². The van der Waals surface area contributed by atoms with Crippen LogP contribution >= 0.6 is 11.6 Å². The molecular formula is C15H18ClN5O. The highest BCUT2D eigenvalue weighted by molar-refractivity contribution is 6.28. The van der Waals surface area contributed by atoms with Crippen LogP contribution in [0.1, 0.15) is 36.7 Å². The molecule has 0 radical (unpaired) electrons. The van der Waals surface area contributed by atoms with Crippen molar-refractivity contribution in [2.45, 2.75) is 32.9 Å². The largest absolute Gasteiger partial charge is 0.365 e. The molecule has 2 aromatic rings. The number of pyridine rings is 1. The number of hydrogen-bond donors (Lipinski definition) is 2. The fourth-order valence-corrected chi connectivity index (χ4v) is 1.89. The molecule has 0 aliphatic heterocycles. The Labute approximate surface area is 134 Å². The lowest BCUT2D eigenvalue weighted by Gasteiger charge is -2.21. The number of aromatic nitrogens is 3. The van der Waals surface area contributed by atoms with Gasteiger partial charge in [-0.1, -0.05) is 6.07 Å². The lowest BCUT2D eigenvalue weighted by molar-refractivity contribution is 0.0919. The summed E-state index contributed by atoms with van der Waals surface area (Å²) in [7, 11) is 0. The lowest BCUT2D eigenvalue weighted by Crippen LogP contribution is -2.41. The predicted octanol–water partition coefficient (Wildman–Crippen LogP) is 2.67. The van der Waals surface area contributed by atoms with Crippen LogP contribution in [0.3, 0.4) is 0 Å². The number of nitrogens with one attached hydrogen (secondary N) is 2. The van der Waals surface area contributed by atoms with Crippen LogP contribution in [0.15, 0.2) is 30.7 Å². The Morgan fingerprint density at radius 1 is 1.32 bits per heavy atom. The van der Waals surface area contributed by atoms with E-state index in [1.54, 1.807) is 12.4 Å². The van der Waals surface area contributed by atoms with E-state index in [0.29, 0.717) is 17.9 Å². The lowest BCUT2D eigenvalue weighted by atomic mass is 10.1. The Kier molecular flexibility index (Phi) is 4.92. The minimum atomic E-state index is -0.350. The summed E-state index contributed by atoms with van der Waals surface area (Å²) in [6, 6.07) is 3.77. The second-order valence-electron chi connectivity index (χ2n) is 5.82. The molecule has 0 fully saturated rings. The molecule has 7 heteroatoms. The van der Waals surface area contributed by atoms with Gasteiger partial charge in [-0.3, -0.25) is 9.78 Å². The van der Waals surface area contributed by atoms with Crippen LogP contribution in [-0.4, -0.2) is 26.4 Å². The van der Waals surface area contributed by atoms with Gasteiger partial charge in [0.1, 0.15) is 11.4 Å². The molecular weight excluding hydrogens is 302 g/mol. The quantitative estimate of drug-likeness (QED) is 0.847. The molecule has 0 aliphatic carbocycles. The summed E-state index contributed by atoms with van der Waals surface area (Å²) in [4.78, 5) is 24.3. The summed E-state index contributed by atoms with van der Waals surface area (Å²) in [5.74, 6) is 0.142. The first-order valence-corrected chi connectivity index (χ1v) is 7.21. The predicted molar refractivity (Wildman–Crippen MR) is 85.8 cm³/mol. The summed E-state index contributed by atoms with van der Waals surface area (Å²) >= 11 is 5.83. The van der Waals surface area contributed by atoms with Crippen LogP contribution in [0.25, 0.3) is 0 Å². The average Bonchev–Trinajstić information content (AvgIpc) is 2.44. The standard InChI is InChI=1S/C15H18ClN5O/c1-15(2,3)21-13(22)11-9-19-14(16)20-12(11)18-8-10-5-4-6-17-7-10/h4-7,9H,8H2,1-3H3,(H,21,22)(H,18,19,20). The number of rotatable bonds is 4. The number of carbonyl (C=O) groups is 1. The Balaban J connectivity index is 2.19. The molecule has 22 heavy (non-hydrogen) atoms. The van der Waals surface area contributed by atoms with Crippen LogP contribution < -0.4 is 10.6 Å². The first-order chi connectivity index (χ1) is 10.3. The van der Waals surface area contributed by atoms with Gasteiger partial charge in [0, 0.05) is 30.7 Å². The summed E-state index contributed by atoms with van der Waals surface area (Å²) < 4.78 is 0. The molecule has 0 unspecified atom stereocenters. The molecule has 2 aromatic heterocycles. The highest BCUT2D eigenvalue weighted by Gasteiger charge is 2.19. The number of carbonyl (C=O) groups excluding carboxylic acids is 1. The summed E-state index contributed by atoms with van der Waals surface area (Å²) in [6.07, 6.45) is 4.86. The molecule has 0 bridgehead atoms. The van der Waals surface area contributed by atoms with Gasteiger partial charge in [0.15, 0.2) is 0 Å². The van der Waals surface area contributed by atoms with Crippen molar-refractivity contribution in [3.8, 4) is 0 Å². The summed E-state index contributed by atoms with van der Waals surface area (Å²) in [5.41, 5.74) is 0.972. The number of amides is 1. The van der Waals surface area contributed by atoms with Crippen molar-refractivity contribution in [2.75, 3.05) is 5.32 Å². The highest BCUT2D eigenvalue weighted by Crippen LogP contribution is 2.16. The zero-order chi connectivity index (χ0) is 16.2. The highest BCUT2D eigenvalue weighted by atomic mass is 35.5. The zero-order valence-corrected chi connectivity index (χ0v) is 13.5. The van der Waals surface area contributed by atoms with Crippen molar-refractivity contribution in [2.24, 2.45) is 0 Å². The molecule has 1 amide bonds. The molecule has 2 N–H and O–H groups in total. The molecule has 0 spiro atoms. The molecule has 0 saturated heterocycles. The Morgan fingerprint density at radius 3 is 2.73 bits per heavy atom. The average molecular weight is 320 g/mol. The Bertz CT molecular complexity index is 655. The minimum absolute atomic E-state index is 0.0843. The maximum absolute atomic E-state index is 12.3. The minimum Gasteiger partial charge on any atom is -0.365 e. The van der Waals surface area contributed by atoms with Gasteiger partial charge < -0.3 is 10.6 Å². The third-order valence-corrected chi connectivity index (χ3v) is 2.86. The van der Waals surface area contributed by atoms with E-state index in [-0.39, 0.29) is 16.7 Å². The number of hydrogen-bond acceptors (Lipinski definition) is 5. The van der Waals surface area contributed by atoms with E-state index < -0.39 is 0 Å². The first kappa shape index (κ1) is 16.2. The van der Waals surface area contributed by atoms with Crippen molar-refractivity contribution < 1.29 is 4.79 Å². The molecule has 2 heterocycles. The SMILES string of the molecule is CC(C)(C)NC(=O)c1cnc(Cl)nc1NCc1cccnc1. The van der Waals surface area contributed by atoms with Crippen molar-refractivity contribution in [3.63, 3.8) is 0 Å². The van der Waals surface area contributed by atoms with Gasteiger partial charge in [0.25, 0.3) is 5.91 Å². The smallest absolute Gasteiger partial charge is 0.257 e. The van der Waals surface area contributed by atoms with E-state index in [1.807, 2.05) is 32.9 Å². The summed E-state index contributed by atoms with van der Waals surface area (Å²) in [6.45, 7) is 6.20. The van der Waals surface area contributed by atoms with Gasteiger partial charge in [0.2, 0.25) is 5.28 Å². The van der Waals surface area contributed by atoms with Gasteiger partial charge in [0.05, 0.1) is 0 Å². The van der Waals surface area contributed by atoms with Crippen molar-refractivity contribution >= 4 is 23.3 Å². The second kappa shape index (κ2) is 6.70. The summed E-state index contributed by atoms with van der Waals surface area (Å²) in [5, 5.41) is 6.06. The van der Waals surface area contributed by atoms with Gasteiger partial charge in [-0.15, -0.1) is 0 Å². The van der Waals surface area contributed by atoms with Crippen LogP contribution in [0.2, 0.25) is 5.28 Å². The molecule has 0 aromatic carbocycles. The molecule has 0 atom stereocenters. The zero-order valence-electron chi connectivity index (χ0n) is 12.7. The molecule has 0 aliphatic rings. The maximum atomic E-state index is 12.3. The molecule has 2 rings (SSSR count). The Morgan fingerprint density at radius 2 is 2.09 bits per heavy atom. The molecule has 6 nitrogen and oxygen atoms in total. The third kappa shape index (κ3) is 4.66. The van der Waals surface area contributed by atoms with Crippen molar-refractivity contribution in [3.05, 3.63) is 47.1 Å². The normalized spacial score (nSPS) is 11.1. The maximum Gasteiger partial charge on any atom is 0.257 e. The molecule has 116 valence electrons. The first-order valence-electron chi connectivity index (χ1n) is 6.83. The van der Waals surface area contributed by atoms with E-state index in [9.17, 15) is 4.79 Å². The fraction of sp³-hybridized carbons (Fsp3) is 0.333. The second-order valence-corrected chi connectivity index (χ2v) is 6.16. The van der Waals surface area contributed by atoms with E-state index in [0.717, 1.165) is 5.56 Å². The van der Waals surface area contributed by atoms with Gasteiger partial charge in [-0.2, -0.15) is 4.98 Å². The third-order valence-electron chi connectivity index (χ3n) is 2.68. The van der Waals surface area contributed by atoms with Crippen molar-refractivity contribution in [1.82, 2.24) is 20.3 Å². The number of anilines is 1. The number of nitrogens with zero attached hydrogens (tertiary/aromatic N) is 3. The van der Waals surface area contributed by atoms with Gasteiger partial charge in [-0.25, -0.2) is 4.98 Å². The van der Waals surface area contributed by atoms with Gasteiger partial charge >= 0.3 is 0 Å². The van der Waals surface area contributed by atoms with E-state index in [1.165, 1.54) is 6.20 Å². The van der Waals surface area contributed by atoms with Gasteiger partial charge in [-0.05, 0) is 44.0 Å². The Hall–Kier alpha value is -2.21. The topological polar surface area (TPSA) is 79.8 Å². The fourth-order valence-electron chi connectivity index (χ4n) is 1.76. The van der Waals surface area contributed by atoms with Crippen LogP contribution in [0.4, 0.5) is 5.82 Å². The van der Waals surface area contributed by atoms with E-state index in [2.05, 4.69) is 25.6 Å². The van der Waals surface area contributed by atoms with Crippen molar-refractivity contribution in [1.29, 1.82) is 0 Å².